The molecule has 0 aromatic heterocycles. The highest BCUT2D eigenvalue weighted by Gasteiger charge is 2.46. The Bertz CT molecular complexity index is 1620. The van der Waals surface area contributed by atoms with E-state index in [9.17, 15) is 38.9 Å². The second-order valence-corrected chi connectivity index (χ2v) is 11.6. The van der Waals surface area contributed by atoms with Crippen LogP contribution in [0.3, 0.4) is 0 Å². The quantitative estimate of drug-likeness (QED) is 0.152. The number of rotatable bonds is 8. The summed E-state index contributed by atoms with van der Waals surface area (Å²) in [4.78, 5) is -4.33. The third kappa shape index (κ3) is 4.94. The van der Waals surface area contributed by atoms with E-state index in [-0.39, 0.29) is 17.7 Å². The van der Waals surface area contributed by atoms with Crippen LogP contribution in [-0.2, 0) is 40.7 Å². The predicted molar refractivity (Wildman–Crippen MR) is 129 cm³/mol. The van der Waals surface area contributed by atoms with Crippen LogP contribution in [-0.4, -0.2) is 45.5 Å². The first-order chi connectivity index (χ1) is 16.5. The van der Waals surface area contributed by atoms with Crippen LogP contribution in [0.4, 0.5) is 11.4 Å². The molecule has 194 valence electrons. The van der Waals surface area contributed by atoms with E-state index in [1.54, 1.807) is 6.07 Å². The molecule has 0 aliphatic carbocycles. The fraction of sp³-hybridized carbons (Fsp3) is 0.143. The molecule has 1 unspecified atom stereocenters. The van der Waals surface area contributed by atoms with Gasteiger partial charge in [-0.25, -0.2) is 0 Å². The number of hydrogen-bond acceptors (Lipinski definition) is 9. The summed E-state index contributed by atoms with van der Waals surface area (Å²) in [5, 5.41) is 0. The standard InChI is InChI=1S/C21H22N2O10S3/c1-2-33-21(13-6-4-3-5-7-13,14-8-10-15(22)11-9-14)16-12-17(34(24,25)26)18(23)20(36(30,31)32)19(16)35(27,28)29/h3-12H,2,22-23H2,1H3,(H,24,25,26)(H,27,28,29)(H,30,31,32). The van der Waals surface area contributed by atoms with Gasteiger partial charge in [0.25, 0.3) is 30.4 Å². The van der Waals surface area contributed by atoms with Crippen LogP contribution < -0.4 is 11.5 Å². The maximum absolute atomic E-state index is 12.6. The smallest absolute Gasteiger partial charge is 0.298 e. The summed E-state index contributed by atoms with van der Waals surface area (Å²) in [6.45, 7) is 1.36. The lowest BCUT2D eigenvalue weighted by Crippen LogP contribution is -2.36. The van der Waals surface area contributed by atoms with Crippen molar-refractivity contribution in [3.8, 4) is 0 Å². The molecule has 0 fully saturated rings. The van der Waals surface area contributed by atoms with E-state index in [4.69, 9.17) is 16.2 Å². The van der Waals surface area contributed by atoms with Gasteiger partial charge in [0.2, 0.25) is 0 Å². The average molecular weight is 559 g/mol. The van der Waals surface area contributed by atoms with Crippen molar-refractivity contribution < 1.29 is 43.6 Å². The molecule has 0 saturated carbocycles. The Kier molecular flexibility index (Phi) is 7.22. The second-order valence-electron chi connectivity index (χ2n) is 7.52. The Morgan fingerprint density at radius 2 is 1.25 bits per heavy atom. The third-order valence-electron chi connectivity index (χ3n) is 5.27. The lowest BCUT2D eigenvalue weighted by atomic mass is 9.79. The van der Waals surface area contributed by atoms with Crippen molar-refractivity contribution >= 4 is 41.7 Å². The summed E-state index contributed by atoms with van der Waals surface area (Å²) in [6, 6.07) is 13.9. The van der Waals surface area contributed by atoms with Crippen LogP contribution in [0.5, 0.6) is 0 Å². The zero-order chi connectivity index (χ0) is 27.1. The van der Waals surface area contributed by atoms with Crippen LogP contribution in [0.2, 0.25) is 0 Å². The second kappa shape index (κ2) is 9.44. The van der Waals surface area contributed by atoms with Gasteiger partial charge in [-0.1, -0.05) is 42.5 Å². The van der Waals surface area contributed by atoms with E-state index >= 15 is 0 Å². The highest BCUT2D eigenvalue weighted by molar-refractivity contribution is 7.89. The maximum atomic E-state index is 12.6. The molecule has 0 heterocycles. The van der Waals surface area contributed by atoms with Crippen LogP contribution >= 0.6 is 0 Å². The van der Waals surface area contributed by atoms with Gasteiger partial charge in [0.05, 0.1) is 5.69 Å². The Morgan fingerprint density at radius 1 is 0.750 bits per heavy atom. The Morgan fingerprint density at radius 3 is 1.69 bits per heavy atom. The van der Waals surface area contributed by atoms with Gasteiger partial charge >= 0.3 is 0 Å². The summed E-state index contributed by atoms with van der Waals surface area (Å²) in [5.74, 6) is 0. The minimum atomic E-state index is -5.61. The van der Waals surface area contributed by atoms with Crippen molar-refractivity contribution in [1.29, 1.82) is 0 Å². The molecule has 0 bridgehead atoms. The Hall–Kier alpha value is -3.05. The molecule has 3 aromatic rings. The first-order valence-electron chi connectivity index (χ1n) is 10.00. The van der Waals surface area contributed by atoms with E-state index in [1.165, 1.54) is 55.5 Å². The van der Waals surface area contributed by atoms with Gasteiger partial charge in [-0.2, -0.15) is 25.3 Å². The van der Waals surface area contributed by atoms with E-state index in [0.29, 0.717) is 11.8 Å². The number of nitrogen functional groups attached to an aromatic ring is 2. The van der Waals surface area contributed by atoms with E-state index in [2.05, 4.69) is 0 Å². The molecule has 3 aromatic carbocycles. The number of nitrogens with two attached hydrogens (primary N) is 2. The molecule has 0 aliphatic heterocycles. The maximum Gasteiger partial charge on any atom is 0.298 e. The SMILES string of the molecule is CCOC(c1ccccc1)(c1ccc(N)cc1)c1cc(S(=O)(=O)O)c(N)c(S(=O)(=O)O)c1S(=O)(=O)O. The minimum Gasteiger partial charge on any atom is -0.399 e. The molecule has 0 aliphatic rings. The monoisotopic (exact) mass is 558 g/mol. The van der Waals surface area contributed by atoms with Crippen molar-refractivity contribution in [1.82, 2.24) is 0 Å². The van der Waals surface area contributed by atoms with Crippen molar-refractivity contribution in [2.75, 3.05) is 18.1 Å². The number of benzene rings is 3. The first kappa shape index (κ1) is 27.5. The summed E-state index contributed by atoms with van der Waals surface area (Å²) >= 11 is 0. The molecule has 0 saturated heterocycles. The van der Waals surface area contributed by atoms with Gasteiger partial charge in [-0.3, -0.25) is 13.7 Å². The van der Waals surface area contributed by atoms with Crippen molar-refractivity contribution in [3.63, 3.8) is 0 Å². The van der Waals surface area contributed by atoms with Crippen molar-refractivity contribution in [2.24, 2.45) is 0 Å². The molecule has 15 heteroatoms. The normalized spacial score (nSPS) is 14.3. The van der Waals surface area contributed by atoms with Gasteiger partial charge in [0.15, 0.2) is 0 Å². The van der Waals surface area contributed by atoms with Crippen LogP contribution in [0.25, 0.3) is 0 Å². The van der Waals surface area contributed by atoms with Gasteiger partial charge in [-0.15, -0.1) is 0 Å². The molecule has 0 radical (unpaired) electrons. The predicted octanol–water partition coefficient (Wildman–Crippen LogP) is 1.92. The summed E-state index contributed by atoms with van der Waals surface area (Å²) in [5.41, 5.74) is 7.77. The molecule has 0 spiro atoms. The minimum absolute atomic E-state index is 0.127. The van der Waals surface area contributed by atoms with Gasteiger partial charge in [0, 0.05) is 17.9 Å². The van der Waals surface area contributed by atoms with Gasteiger partial charge < -0.3 is 16.2 Å². The molecule has 3 rings (SSSR count). The first-order valence-corrected chi connectivity index (χ1v) is 14.3. The van der Waals surface area contributed by atoms with Crippen molar-refractivity contribution in [2.45, 2.75) is 27.2 Å². The molecular weight excluding hydrogens is 536 g/mol. The highest BCUT2D eigenvalue weighted by atomic mass is 32.2. The van der Waals surface area contributed by atoms with E-state index in [0.717, 1.165) is 0 Å². The molecule has 7 N–H and O–H groups in total. The Labute approximate surface area is 207 Å². The fourth-order valence-electron chi connectivity index (χ4n) is 3.95. The molecule has 36 heavy (non-hydrogen) atoms. The largest absolute Gasteiger partial charge is 0.399 e. The number of anilines is 2. The molecule has 12 nitrogen and oxygen atoms in total. The third-order valence-corrected chi connectivity index (χ3v) is 8.17. The zero-order valence-electron chi connectivity index (χ0n) is 18.6. The number of hydrogen-bond donors (Lipinski definition) is 5. The highest BCUT2D eigenvalue weighted by Crippen LogP contribution is 2.47. The number of ether oxygens (including phenoxy) is 1. The average Bonchev–Trinajstić information content (AvgIpc) is 2.76. The van der Waals surface area contributed by atoms with Gasteiger partial charge in [0.1, 0.15) is 20.3 Å². The lowest BCUT2D eigenvalue weighted by Gasteiger charge is -2.37. The summed E-state index contributed by atoms with van der Waals surface area (Å²) in [7, 11) is -16.5. The van der Waals surface area contributed by atoms with Crippen molar-refractivity contribution in [3.05, 3.63) is 77.4 Å². The fourth-order valence-corrected chi connectivity index (χ4v) is 6.85. The van der Waals surface area contributed by atoms with Gasteiger partial charge in [-0.05, 0) is 36.2 Å². The zero-order valence-corrected chi connectivity index (χ0v) is 21.0. The lowest BCUT2D eigenvalue weighted by molar-refractivity contribution is 0.0189. The summed E-state index contributed by atoms with van der Waals surface area (Å²) in [6.07, 6.45) is 0. The van der Waals surface area contributed by atoms with E-state index in [1.807, 2.05) is 0 Å². The molecular formula is C21H22N2O10S3. The summed E-state index contributed by atoms with van der Waals surface area (Å²) < 4.78 is 110. The van der Waals surface area contributed by atoms with Crippen LogP contribution in [0.1, 0.15) is 23.6 Å². The topological polar surface area (TPSA) is 224 Å². The van der Waals surface area contributed by atoms with Crippen LogP contribution in [0, 0.1) is 0 Å². The van der Waals surface area contributed by atoms with Crippen LogP contribution in [0.15, 0.2) is 75.4 Å². The van der Waals surface area contributed by atoms with E-state index < -0.39 is 61.9 Å². The molecule has 0 amide bonds. The molecule has 1 atom stereocenters. The Balaban J connectivity index is 2.78.